The molecule has 0 unspecified atom stereocenters. The molecule has 0 aliphatic rings. The number of rotatable bonds is 15. The van der Waals surface area contributed by atoms with Gasteiger partial charge in [-0.1, -0.05) is 38.5 Å². The summed E-state index contributed by atoms with van der Waals surface area (Å²) in [5, 5.41) is 10.0. The quantitative estimate of drug-likeness (QED) is 0.137. The fourth-order valence-corrected chi connectivity index (χ4v) is 5.35. The first-order chi connectivity index (χ1) is 18.0. The minimum Gasteiger partial charge on any atom is -0.497 e. The summed E-state index contributed by atoms with van der Waals surface area (Å²) in [7, 11) is 1.63. The van der Waals surface area contributed by atoms with Crippen molar-refractivity contribution in [2.45, 2.75) is 39.0 Å². The van der Waals surface area contributed by atoms with Gasteiger partial charge in [0.2, 0.25) is 5.91 Å². The second-order valence-corrected chi connectivity index (χ2v) is 10.2. The van der Waals surface area contributed by atoms with E-state index in [1.54, 1.807) is 18.4 Å². The number of pyridine rings is 1. The molecule has 0 aliphatic carbocycles. The van der Waals surface area contributed by atoms with E-state index in [1.165, 1.54) is 5.56 Å². The lowest BCUT2D eigenvalue weighted by Gasteiger charge is -2.20. The maximum atomic E-state index is 11.5. The molecule has 0 aliphatic heterocycles. The number of methoxy groups -OCH3 is 1. The van der Waals surface area contributed by atoms with Crippen molar-refractivity contribution in [2.24, 2.45) is 5.73 Å². The van der Waals surface area contributed by atoms with E-state index in [4.69, 9.17) is 15.5 Å². The number of aromatic amines is 1. The molecule has 0 saturated carbocycles. The zero-order valence-corrected chi connectivity index (χ0v) is 22.6. The summed E-state index contributed by atoms with van der Waals surface area (Å²) in [5.74, 6) is 1.23. The first kappa shape index (κ1) is 26.7. The van der Waals surface area contributed by atoms with Gasteiger partial charge in [-0.05, 0) is 53.9 Å². The van der Waals surface area contributed by atoms with Gasteiger partial charge in [0.15, 0.2) is 0 Å². The number of unbranched alkanes of at least 4 members (excludes halogenated alkanes) is 2. The van der Waals surface area contributed by atoms with Gasteiger partial charge in [-0.2, -0.15) is 11.3 Å². The number of fused-ring (bicyclic) bond motifs is 3. The standard InChI is InChI=1S/C29H37N5O2S/c1-4-5-6-12-34(18-27(30)35)13-7-11-31-29-28-24-9-8-22(20(2)36-3)16-25(24)33-26(28)17-23(32-29)15-21-10-14-37-19-21/h8-10,14,16-17,19,33H,2,4-7,11-13,15,18H2,1,3H3,(H2,30,35)(H,31,32). The Morgan fingerprint density at radius 1 is 1.19 bits per heavy atom. The van der Waals surface area contributed by atoms with Gasteiger partial charge in [-0.15, -0.1) is 0 Å². The summed E-state index contributed by atoms with van der Waals surface area (Å²) in [6.45, 7) is 8.94. The van der Waals surface area contributed by atoms with Crippen LogP contribution >= 0.6 is 11.3 Å². The fourth-order valence-electron chi connectivity index (χ4n) is 4.68. The molecular weight excluding hydrogens is 482 g/mol. The largest absolute Gasteiger partial charge is 0.497 e. The number of carbonyl (C=O) groups is 1. The molecule has 0 spiro atoms. The monoisotopic (exact) mass is 519 g/mol. The molecule has 1 aromatic carbocycles. The number of H-pyrrole nitrogens is 1. The van der Waals surface area contributed by atoms with Crippen LogP contribution in [-0.4, -0.2) is 54.1 Å². The highest BCUT2D eigenvalue weighted by Crippen LogP contribution is 2.33. The molecule has 4 N–H and O–H groups in total. The van der Waals surface area contributed by atoms with E-state index in [1.807, 2.05) is 6.07 Å². The molecule has 0 bridgehead atoms. The van der Waals surface area contributed by atoms with E-state index in [-0.39, 0.29) is 5.91 Å². The van der Waals surface area contributed by atoms with Crippen molar-refractivity contribution < 1.29 is 9.53 Å². The zero-order valence-electron chi connectivity index (χ0n) is 21.8. The Kier molecular flexibility index (Phi) is 9.19. The number of nitrogens with one attached hydrogen (secondary N) is 2. The Morgan fingerprint density at radius 2 is 2.03 bits per heavy atom. The number of benzene rings is 1. The SMILES string of the molecule is C=C(OC)c1ccc2c(c1)[nH]c1cc(Cc3ccsc3)nc(NCCCN(CCCCC)CC(N)=O)c12. The molecule has 0 fully saturated rings. The van der Waals surface area contributed by atoms with Crippen molar-refractivity contribution in [3.05, 3.63) is 64.5 Å². The van der Waals surface area contributed by atoms with Crippen LogP contribution in [-0.2, 0) is 16.0 Å². The molecule has 0 saturated heterocycles. The van der Waals surface area contributed by atoms with E-state index >= 15 is 0 Å². The van der Waals surface area contributed by atoms with Gasteiger partial charge >= 0.3 is 0 Å². The maximum Gasteiger partial charge on any atom is 0.231 e. The van der Waals surface area contributed by atoms with Gasteiger partial charge in [0.05, 0.1) is 19.2 Å². The highest BCUT2D eigenvalue weighted by atomic mass is 32.1. The number of hydrogen-bond acceptors (Lipinski definition) is 6. The zero-order chi connectivity index (χ0) is 26.2. The van der Waals surface area contributed by atoms with E-state index < -0.39 is 0 Å². The van der Waals surface area contributed by atoms with E-state index in [2.05, 4.69) is 63.7 Å². The number of anilines is 1. The topological polar surface area (TPSA) is 96.3 Å². The molecule has 4 aromatic rings. The summed E-state index contributed by atoms with van der Waals surface area (Å²) >= 11 is 1.70. The number of ether oxygens (including phenoxy) is 1. The predicted octanol–water partition coefficient (Wildman–Crippen LogP) is 5.77. The highest BCUT2D eigenvalue weighted by Gasteiger charge is 2.15. The van der Waals surface area contributed by atoms with Gasteiger partial charge in [0, 0.05) is 47.1 Å². The van der Waals surface area contributed by atoms with Crippen LogP contribution in [0.4, 0.5) is 5.82 Å². The molecule has 0 radical (unpaired) electrons. The van der Waals surface area contributed by atoms with Crippen LogP contribution in [0.15, 0.2) is 47.7 Å². The van der Waals surface area contributed by atoms with Gasteiger partial charge in [-0.25, -0.2) is 4.98 Å². The Morgan fingerprint density at radius 3 is 2.76 bits per heavy atom. The van der Waals surface area contributed by atoms with Crippen LogP contribution in [0.3, 0.4) is 0 Å². The van der Waals surface area contributed by atoms with E-state index in [0.717, 1.165) is 90.6 Å². The normalized spacial score (nSPS) is 11.4. The van der Waals surface area contributed by atoms with Crippen LogP contribution in [0, 0.1) is 0 Å². The molecule has 7 nitrogen and oxygen atoms in total. The number of hydrogen-bond donors (Lipinski definition) is 3. The third-order valence-electron chi connectivity index (χ3n) is 6.57. The van der Waals surface area contributed by atoms with Crippen molar-refractivity contribution >= 4 is 50.6 Å². The molecule has 1 amide bonds. The number of aromatic nitrogens is 2. The van der Waals surface area contributed by atoms with Crippen LogP contribution in [0.1, 0.15) is 49.4 Å². The molecular formula is C29H37N5O2S. The number of primary amides is 1. The van der Waals surface area contributed by atoms with E-state index in [0.29, 0.717) is 12.3 Å². The molecule has 4 rings (SSSR count). The van der Waals surface area contributed by atoms with Crippen molar-refractivity contribution in [2.75, 3.05) is 38.6 Å². The second kappa shape index (κ2) is 12.7. The summed E-state index contributed by atoms with van der Waals surface area (Å²) in [6.07, 6.45) is 5.06. The fraction of sp³-hybridized carbons (Fsp3) is 0.379. The molecule has 8 heteroatoms. The number of thiophene rings is 1. The Balaban J connectivity index is 1.57. The van der Waals surface area contributed by atoms with Crippen LogP contribution < -0.4 is 11.1 Å². The molecule has 0 atom stereocenters. The Bertz CT molecular complexity index is 1350. The smallest absolute Gasteiger partial charge is 0.231 e. The summed E-state index contributed by atoms with van der Waals surface area (Å²) in [5.41, 5.74) is 10.8. The summed E-state index contributed by atoms with van der Waals surface area (Å²) in [6, 6.07) is 10.5. The first-order valence-corrected chi connectivity index (χ1v) is 13.9. The van der Waals surface area contributed by atoms with Crippen LogP contribution in [0.25, 0.3) is 27.6 Å². The lowest BCUT2D eigenvalue weighted by molar-refractivity contribution is -0.119. The van der Waals surface area contributed by atoms with Gasteiger partial charge in [-0.3, -0.25) is 9.69 Å². The molecule has 196 valence electrons. The predicted molar refractivity (Wildman–Crippen MR) is 155 cm³/mol. The highest BCUT2D eigenvalue weighted by molar-refractivity contribution is 7.07. The first-order valence-electron chi connectivity index (χ1n) is 12.9. The number of amides is 1. The van der Waals surface area contributed by atoms with E-state index in [9.17, 15) is 4.79 Å². The molecule has 3 aromatic heterocycles. The summed E-state index contributed by atoms with van der Waals surface area (Å²) in [4.78, 5) is 22.3. The third kappa shape index (κ3) is 6.90. The van der Waals surface area contributed by atoms with Crippen molar-refractivity contribution in [1.82, 2.24) is 14.9 Å². The van der Waals surface area contributed by atoms with Gasteiger partial charge in [0.1, 0.15) is 11.6 Å². The second-order valence-electron chi connectivity index (χ2n) is 9.44. The Hall–Kier alpha value is -3.36. The number of carbonyl (C=O) groups excluding carboxylic acids is 1. The number of nitrogens with two attached hydrogens (primary N) is 1. The summed E-state index contributed by atoms with van der Waals surface area (Å²) < 4.78 is 5.34. The van der Waals surface area contributed by atoms with Crippen molar-refractivity contribution in [1.29, 1.82) is 0 Å². The van der Waals surface area contributed by atoms with Gasteiger partial charge < -0.3 is 20.8 Å². The lowest BCUT2D eigenvalue weighted by Crippen LogP contribution is -2.35. The average molecular weight is 520 g/mol. The maximum absolute atomic E-state index is 11.5. The Labute approximate surface area is 222 Å². The third-order valence-corrected chi connectivity index (χ3v) is 7.30. The van der Waals surface area contributed by atoms with Crippen LogP contribution in [0.5, 0.6) is 0 Å². The minimum atomic E-state index is -0.275. The van der Waals surface area contributed by atoms with Crippen molar-refractivity contribution in [3.8, 4) is 0 Å². The molecule has 3 heterocycles. The van der Waals surface area contributed by atoms with Gasteiger partial charge in [0.25, 0.3) is 0 Å². The lowest BCUT2D eigenvalue weighted by atomic mass is 10.1. The minimum absolute atomic E-state index is 0.275. The van der Waals surface area contributed by atoms with Crippen LogP contribution in [0.2, 0.25) is 0 Å². The van der Waals surface area contributed by atoms with Crippen molar-refractivity contribution in [3.63, 3.8) is 0 Å². The number of nitrogens with zero attached hydrogens (tertiary/aromatic N) is 2. The average Bonchev–Trinajstić information content (AvgIpc) is 3.52. The molecule has 37 heavy (non-hydrogen) atoms.